The van der Waals surface area contributed by atoms with E-state index in [-0.39, 0.29) is 6.79 Å². The number of aromatic nitrogens is 1. The zero-order valence-corrected chi connectivity index (χ0v) is 16.2. The van der Waals surface area contributed by atoms with E-state index in [1.54, 1.807) is 0 Å². The van der Waals surface area contributed by atoms with E-state index in [2.05, 4.69) is 11.5 Å². The number of amides is 1. The van der Waals surface area contributed by atoms with Gasteiger partial charge in [-0.25, -0.2) is 0 Å². The maximum atomic E-state index is 12.4. The molecule has 0 saturated carbocycles. The highest BCUT2D eigenvalue weighted by atomic mass is 16.7. The molecule has 1 amide bonds. The van der Waals surface area contributed by atoms with Crippen molar-refractivity contribution < 1.29 is 14.3 Å². The number of benzene rings is 2. The fourth-order valence-corrected chi connectivity index (χ4v) is 3.95. The summed E-state index contributed by atoms with van der Waals surface area (Å²) >= 11 is 0. The normalized spacial score (nSPS) is 12.4. The summed E-state index contributed by atoms with van der Waals surface area (Å²) in [5, 5.41) is 0. The van der Waals surface area contributed by atoms with Crippen LogP contribution in [0, 0.1) is 6.92 Å². The Morgan fingerprint density at radius 1 is 1.11 bits per heavy atom. The molecule has 0 atom stereocenters. The summed E-state index contributed by atoms with van der Waals surface area (Å²) in [4.78, 5) is 12.4. The first-order valence-electron chi connectivity index (χ1n) is 9.55. The van der Waals surface area contributed by atoms with Gasteiger partial charge in [0.05, 0.1) is 5.56 Å². The van der Waals surface area contributed by atoms with E-state index in [0.717, 1.165) is 52.4 Å². The molecular formula is C23H24N2O3. The molecule has 0 saturated heterocycles. The van der Waals surface area contributed by atoms with E-state index in [0.29, 0.717) is 12.1 Å². The van der Waals surface area contributed by atoms with Crippen LogP contribution in [0.2, 0.25) is 0 Å². The summed E-state index contributed by atoms with van der Waals surface area (Å²) in [6.45, 7) is 5.02. The van der Waals surface area contributed by atoms with E-state index in [9.17, 15) is 4.79 Å². The van der Waals surface area contributed by atoms with E-state index in [4.69, 9.17) is 15.2 Å². The van der Waals surface area contributed by atoms with Gasteiger partial charge in [0.2, 0.25) is 6.79 Å². The largest absolute Gasteiger partial charge is 0.454 e. The van der Waals surface area contributed by atoms with Crippen LogP contribution in [-0.4, -0.2) is 17.3 Å². The molecule has 0 fully saturated rings. The zero-order valence-electron chi connectivity index (χ0n) is 16.2. The minimum absolute atomic E-state index is 0.256. The maximum Gasteiger partial charge on any atom is 0.251 e. The maximum absolute atomic E-state index is 12.4. The first-order chi connectivity index (χ1) is 13.6. The first kappa shape index (κ1) is 18.2. The van der Waals surface area contributed by atoms with Gasteiger partial charge in [-0.3, -0.25) is 4.79 Å². The average molecular weight is 376 g/mol. The van der Waals surface area contributed by atoms with Crippen molar-refractivity contribution in [3.8, 4) is 22.6 Å². The minimum atomic E-state index is -0.391. The third-order valence-electron chi connectivity index (χ3n) is 5.20. The Balaban J connectivity index is 1.86. The zero-order chi connectivity index (χ0) is 19.7. The van der Waals surface area contributed by atoms with Crippen molar-refractivity contribution in [2.75, 3.05) is 6.79 Å². The lowest BCUT2D eigenvalue weighted by Gasteiger charge is -2.13. The number of carbonyl (C=O) groups excluding carboxylic acids is 1. The molecule has 5 heteroatoms. The van der Waals surface area contributed by atoms with E-state index in [1.807, 2.05) is 55.5 Å². The third-order valence-corrected chi connectivity index (χ3v) is 5.20. The Labute approximate surface area is 164 Å². The SMILES string of the molecule is CCCc1c(-c2ccccc2)c(C(N)=O)c(C)n1Cc1ccc2c(c1)OCO2. The Bertz CT molecular complexity index is 1020. The van der Waals surface area contributed by atoms with Gasteiger partial charge >= 0.3 is 0 Å². The molecular weight excluding hydrogens is 352 g/mol. The number of primary amides is 1. The van der Waals surface area contributed by atoms with Gasteiger partial charge < -0.3 is 19.8 Å². The highest BCUT2D eigenvalue weighted by Gasteiger charge is 2.24. The molecule has 1 aliphatic rings. The topological polar surface area (TPSA) is 66.5 Å². The second-order valence-electron chi connectivity index (χ2n) is 7.04. The number of hydrogen-bond donors (Lipinski definition) is 1. The number of nitrogens with two attached hydrogens (primary N) is 1. The molecule has 1 aliphatic heterocycles. The van der Waals surface area contributed by atoms with Crippen molar-refractivity contribution in [1.29, 1.82) is 0 Å². The molecule has 2 heterocycles. The number of rotatable bonds is 6. The van der Waals surface area contributed by atoms with Crippen molar-refractivity contribution in [3.05, 3.63) is 71.0 Å². The van der Waals surface area contributed by atoms with Crippen LogP contribution in [0.15, 0.2) is 48.5 Å². The fraction of sp³-hybridized carbons (Fsp3) is 0.261. The van der Waals surface area contributed by atoms with E-state index in [1.165, 1.54) is 0 Å². The molecule has 3 aromatic rings. The van der Waals surface area contributed by atoms with Gasteiger partial charge in [-0.2, -0.15) is 0 Å². The standard InChI is InChI=1S/C23H24N2O3/c1-3-7-18-22(17-8-5-4-6-9-17)21(23(24)26)15(2)25(18)13-16-10-11-19-20(12-16)28-14-27-19/h4-6,8-12H,3,7,13-14H2,1-2H3,(H2,24,26). The monoisotopic (exact) mass is 376 g/mol. The van der Waals surface area contributed by atoms with Crippen LogP contribution in [0.4, 0.5) is 0 Å². The van der Waals surface area contributed by atoms with Gasteiger partial charge in [0.1, 0.15) is 0 Å². The fourth-order valence-electron chi connectivity index (χ4n) is 3.95. The van der Waals surface area contributed by atoms with E-state index >= 15 is 0 Å². The number of hydrogen-bond acceptors (Lipinski definition) is 3. The van der Waals surface area contributed by atoms with Crippen LogP contribution in [0.25, 0.3) is 11.1 Å². The van der Waals surface area contributed by atoms with Crippen molar-refractivity contribution in [2.45, 2.75) is 33.2 Å². The highest BCUT2D eigenvalue weighted by Crippen LogP contribution is 2.36. The molecule has 0 spiro atoms. The molecule has 5 nitrogen and oxygen atoms in total. The van der Waals surface area contributed by atoms with Crippen LogP contribution < -0.4 is 15.2 Å². The molecule has 0 unspecified atom stereocenters. The van der Waals surface area contributed by atoms with Gasteiger partial charge in [0, 0.05) is 23.5 Å². The van der Waals surface area contributed by atoms with Crippen LogP contribution in [0.1, 0.15) is 40.7 Å². The molecule has 2 N–H and O–H groups in total. The molecule has 0 radical (unpaired) electrons. The van der Waals surface area contributed by atoms with Crippen LogP contribution >= 0.6 is 0 Å². The average Bonchev–Trinajstić information content (AvgIpc) is 3.26. The summed E-state index contributed by atoms with van der Waals surface area (Å²) in [5.74, 6) is 1.14. The Morgan fingerprint density at radius 3 is 2.57 bits per heavy atom. The molecule has 0 bridgehead atoms. The first-order valence-corrected chi connectivity index (χ1v) is 9.55. The Hall–Kier alpha value is -3.21. The molecule has 0 aliphatic carbocycles. The summed E-state index contributed by atoms with van der Waals surface area (Å²) < 4.78 is 13.1. The summed E-state index contributed by atoms with van der Waals surface area (Å²) in [6.07, 6.45) is 1.84. The van der Waals surface area contributed by atoms with Gasteiger partial charge in [0.25, 0.3) is 5.91 Å². The molecule has 144 valence electrons. The van der Waals surface area contributed by atoms with Crippen LogP contribution in [0.5, 0.6) is 11.5 Å². The lowest BCUT2D eigenvalue weighted by Crippen LogP contribution is -2.13. The number of fused-ring (bicyclic) bond motifs is 1. The molecule has 28 heavy (non-hydrogen) atoms. The van der Waals surface area contributed by atoms with Gasteiger partial charge in [-0.15, -0.1) is 0 Å². The number of ether oxygens (including phenoxy) is 2. The smallest absolute Gasteiger partial charge is 0.251 e. The van der Waals surface area contributed by atoms with Crippen LogP contribution in [0.3, 0.4) is 0 Å². The van der Waals surface area contributed by atoms with Gasteiger partial charge in [-0.1, -0.05) is 49.7 Å². The van der Waals surface area contributed by atoms with Crippen molar-refractivity contribution in [1.82, 2.24) is 4.57 Å². The lowest BCUT2D eigenvalue weighted by molar-refractivity contribution is 0.1000. The lowest BCUT2D eigenvalue weighted by atomic mass is 9.98. The molecule has 2 aromatic carbocycles. The number of carbonyl (C=O) groups is 1. The summed E-state index contributed by atoms with van der Waals surface area (Å²) in [7, 11) is 0. The second kappa shape index (κ2) is 7.43. The highest BCUT2D eigenvalue weighted by molar-refractivity contribution is 6.02. The van der Waals surface area contributed by atoms with E-state index < -0.39 is 5.91 Å². The Kier molecular flexibility index (Phi) is 4.82. The van der Waals surface area contributed by atoms with Gasteiger partial charge in [-0.05, 0) is 36.6 Å². The second-order valence-corrected chi connectivity index (χ2v) is 7.04. The van der Waals surface area contributed by atoms with Gasteiger partial charge in [0.15, 0.2) is 11.5 Å². The number of nitrogens with zero attached hydrogens (tertiary/aromatic N) is 1. The minimum Gasteiger partial charge on any atom is -0.454 e. The molecule has 4 rings (SSSR count). The van der Waals surface area contributed by atoms with Crippen molar-refractivity contribution >= 4 is 5.91 Å². The Morgan fingerprint density at radius 2 is 1.86 bits per heavy atom. The predicted molar refractivity (Wildman–Crippen MR) is 109 cm³/mol. The summed E-state index contributed by atoms with van der Waals surface area (Å²) in [6, 6.07) is 16.0. The molecule has 1 aromatic heterocycles. The van der Waals surface area contributed by atoms with Crippen molar-refractivity contribution in [3.63, 3.8) is 0 Å². The van der Waals surface area contributed by atoms with Crippen molar-refractivity contribution in [2.24, 2.45) is 5.73 Å². The summed E-state index contributed by atoms with van der Waals surface area (Å²) in [5.41, 5.74) is 11.5. The quantitative estimate of drug-likeness (QED) is 0.698. The van der Waals surface area contributed by atoms with Crippen LogP contribution in [-0.2, 0) is 13.0 Å². The third kappa shape index (κ3) is 3.13. The predicted octanol–water partition coefficient (Wildman–Crippen LogP) is 4.29.